The Labute approximate surface area is 140 Å². The van der Waals surface area contributed by atoms with E-state index in [0.29, 0.717) is 6.61 Å². The topological polar surface area (TPSA) is 9.23 Å². The summed E-state index contributed by atoms with van der Waals surface area (Å²) >= 11 is 18.6. The van der Waals surface area contributed by atoms with Crippen LogP contribution in [0.5, 0.6) is 5.75 Å². The van der Waals surface area contributed by atoms with Crippen LogP contribution in [0.1, 0.15) is 29.5 Å². The lowest BCUT2D eigenvalue weighted by Gasteiger charge is -2.25. The number of halogens is 3. The zero-order valence-corrected chi connectivity index (χ0v) is 14.2. The summed E-state index contributed by atoms with van der Waals surface area (Å²) in [5.74, 6) is 0.493. The van der Waals surface area contributed by atoms with Crippen molar-refractivity contribution in [3.63, 3.8) is 0 Å². The zero-order chi connectivity index (χ0) is 15.5. The molecule has 0 bridgehead atoms. The second-order valence-corrected chi connectivity index (χ2v) is 7.26. The number of ether oxygens (including phenoxy) is 1. The molecule has 0 saturated carbocycles. The van der Waals surface area contributed by atoms with Gasteiger partial charge in [-0.2, -0.15) is 0 Å². The summed E-state index contributed by atoms with van der Waals surface area (Å²) in [6.45, 7) is 4.61. The molecule has 0 unspecified atom stereocenters. The molecule has 0 saturated heterocycles. The minimum Gasteiger partial charge on any atom is -0.494 e. The molecule has 0 aliphatic heterocycles. The molecule has 112 valence electrons. The average molecular weight is 344 g/mol. The summed E-state index contributed by atoms with van der Waals surface area (Å²) in [7, 11) is 0. The van der Waals surface area contributed by atoms with Crippen molar-refractivity contribution >= 4 is 34.8 Å². The third kappa shape index (κ3) is 4.29. The Kier molecular flexibility index (Phi) is 5.43. The number of hydrogen-bond donors (Lipinski definition) is 0. The summed E-state index contributed by atoms with van der Waals surface area (Å²) in [6, 6.07) is 15.7. The summed E-state index contributed by atoms with van der Waals surface area (Å²) in [5.41, 5.74) is 3.10. The fourth-order valence-electron chi connectivity index (χ4n) is 2.25. The van der Waals surface area contributed by atoms with Crippen LogP contribution in [0.4, 0.5) is 0 Å². The van der Waals surface area contributed by atoms with Crippen LogP contribution >= 0.6 is 34.8 Å². The van der Waals surface area contributed by atoms with Crippen molar-refractivity contribution in [1.82, 2.24) is 0 Å². The predicted molar refractivity (Wildman–Crippen MR) is 90.9 cm³/mol. The van der Waals surface area contributed by atoms with Crippen molar-refractivity contribution in [3.8, 4) is 5.75 Å². The first-order valence-electron chi connectivity index (χ1n) is 6.78. The molecule has 21 heavy (non-hydrogen) atoms. The maximum Gasteiger partial charge on any atom is 0.201 e. The Morgan fingerprint density at radius 2 is 1.38 bits per heavy atom. The fourth-order valence-corrected chi connectivity index (χ4v) is 3.01. The highest BCUT2D eigenvalue weighted by molar-refractivity contribution is 6.68. The quantitative estimate of drug-likeness (QED) is 0.628. The van der Waals surface area contributed by atoms with Gasteiger partial charge in [-0.1, -0.05) is 76.8 Å². The molecule has 0 fully saturated rings. The molecule has 2 aromatic rings. The highest BCUT2D eigenvalue weighted by atomic mass is 35.6. The molecule has 0 aliphatic carbocycles. The van der Waals surface area contributed by atoms with Crippen LogP contribution in [-0.2, 0) is 0 Å². The molecule has 4 heteroatoms. The van der Waals surface area contributed by atoms with E-state index >= 15 is 0 Å². The Bertz CT molecular complexity index is 570. The van der Waals surface area contributed by atoms with Crippen LogP contribution in [0.25, 0.3) is 0 Å². The van der Waals surface area contributed by atoms with Gasteiger partial charge < -0.3 is 4.74 Å². The van der Waals surface area contributed by atoms with Crippen molar-refractivity contribution < 1.29 is 4.74 Å². The molecule has 0 amide bonds. The van der Waals surface area contributed by atoms with Gasteiger partial charge in [-0.3, -0.25) is 0 Å². The van der Waals surface area contributed by atoms with Crippen molar-refractivity contribution in [1.29, 1.82) is 0 Å². The molecule has 0 heterocycles. The first-order valence-corrected chi connectivity index (χ1v) is 7.91. The second kappa shape index (κ2) is 6.91. The van der Waals surface area contributed by atoms with E-state index in [1.54, 1.807) is 0 Å². The minimum atomic E-state index is -1.41. The number of aryl methyl sites for hydroxylation is 1. The lowest BCUT2D eigenvalue weighted by atomic mass is 9.92. The molecular weight excluding hydrogens is 327 g/mol. The molecule has 0 aromatic heterocycles. The Morgan fingerprint density at radius 3 is 1.81 bits per heavy atom. The largest absolute Gasteiger partial charge is 0.494 e. The number of benzene rings is 2. The SMILES string of the molecule is CCOc1ccc([C@@H](c2ccc(C)cc2)C(Cl)(Cl)Cl)cc1. The van der Waals surface area contributed by atoms with Crippen molar-refractivity contribution in [2.75, 3.05) is 6.61 Å². The van der Waals surface area contributed by atoms with E-state index in [1.165, 1.54) is 5.56 Å². The monoisotopic (exact) mass is 342 g/mol. The van der Waals surface area contributed by atoms with E-state index in [4.69, 9.17) is 39.5 Å². The van der Waals surface area contributed by atoms with Crippen LogP contribution in [0.15, 0.2) is 48.5 Å². The molecule has 2 rings (SSSR count). The molecule has 0 N–H and O–H groups in total. The molecule has 0 spiro atoms. The molecule has 0 aliphatic rings. The van der Waals surface area contributed by atoms with Gasteiger partial charge in [0.15, 0.2) is 0 Å². The van der Waals surface area contributed by atoms with Crippen LogP contribution in [0.2, 0.25) is 0 Å². The average Bonchev–Trinajstić information content (AvgIpc) is 2.42. The molecule has 1 atom stereocenters. The Morgan fingerprint density at radius 1 is 0.905 bits per heavy atom. The lowest BCUT2D eigenvalue weighted by molar-refractivity contribution is 0.340. The summed E-state index contributed by atoms with van der Waals surface area (Å²) < 4.78 is 4.03. The summed E-state index contributed by atoms with van der Waals surface area (Å²) in [6.07, 6.45) is 0. The number of hydrogen-bond acceptors (Lipinski definition) is 1. The van der Waals surface area contributed by atoms with Gasteiger partial charge in [0.25, 0.3) is 0 Å². The highest BCUT2D eigenvalue weighted by Crippen LogP contribution is 2.45. The van der Waals surface area contributed by atoms with Crippen LogP contribution in [-0.4, -0.2) is 10.4 Å². The normalized spacial score (nSPS) is 13.0. The third-order valence-corrected chi connectivity index (χ3v) is 3.92. The molecule has 0 radical (unpaired) electrons. The van der Waals surface area contributed by atoms with Gasteiger partial charge in [0.1, 0.15) is 5.75 Å². The summed E-state index contributed by atoms with van der Waals surface area (Å²) in [4.78, 5) is 0. The maximum absolute atomic E-state index is 6.21. The first-order chi connectivity index (χ1) is 9.91. The van der Waals surface area contributed by atoms with E-state index < -0.39 is 3.79 Å². The standard InChI is InChI=1S/C17H17Cl3O/c1-3-21-15-10-8-14(9-11-15)16(17(18,19)20)13-6-4-12(2)5-7-13/h4-11,16H,3H2,1-2H3/t16-/m1/s1. The minimum absolute atomic E-state index is 0.321. The van der Waals surface area contributed by atoms with Crippen LogP contribution < -0.4 is 4.74 Å². The lowest BCUT2D eigenvalue weighted by Crippen LogP contribution is -2.18. The van der Waals surface area contributed by atoms with E-state index in [2.05, 4.69) is 0 Å². The van der Waals surface area contributed by atoms with E-state index in [0.717, 1.165) is 16.9 Å². The third-order valence-electron chi connectivity index (χ3n) is 3.26. The first kappa shape index (κ1) is 16.5. The van der Waals surface area contributed by atoms with Crippen LogP contribution in [0.3, 0.4) is 0 Å². The maximum atomic E-state index is 6.21. The van der Waals surface area contributed by atoms with E-state index in [1.807, 2.05) is 62.4 Å². The summed E-state index contributed by atoms with van der Waals surface area (Å²) in [5, 5.41) is 0. The number of rotatable bonds is 4. The van der Waals surface area contributed by atoms with Crippen LogP contribution in [0, 0.1) is 6.92 Å². The fraction of sp³-hybridized carbons (Fsp3) is 0.294. The van der Waals surface area contributed by atoms with Gasteiger partial charge in [0, 0.05) is 0 Å². The molecule has 1 nitrogen and oxygen atoms in total. The van der Waals surface area contributed by atoms with Gasteiger partial charge in [-0.25, -0.2) is 0 Å². The number of alkyl halides is 3. The van der Waals surface area contributed by atoms with Crippen molar-refractivity contribution in [3.05, 3.63) is 65.2 Å². The van der Waals surface area contributed by atoms with Crippen molar-refractivity contribution in [2.24, 2.45) is 0 Å². The van der Waals surface area contributed by atoms with E-state index in [9.17, 15) is 0 Å². The zero-order valence-electron chi connectivity index (χ0n) is 11.9. The Hall–Kier alpha value is -0.890. The Balaban J connectivity index is 2.38. The van der Waals surface area contributed by atoms with Gasteiger partial charge in [-0.15, -0.1) is 0 Å². The van der Waals surface area contributed by atoms with Gasteiger partial charge in [-0.05, 0) is 37.1 Å². The predicted octanol–water partition coefficient (Wildman–Crippen LogP) is 5.90. The van der Waals surface area contributed by atoms with Gasteiger partial charge in [0.05, 0.1) is 12.5 Å². The van der Waals surface area contributed by atoms with E-state index in [-0.39, 0.29) is 5.92 Å². The van der Waals surface area contributed by atoms with Gasteiger partial charge in [0.2, 0.25) is 3.79 Å². The highest BCUT2D eigenvalue weighted by Gasteiger charge is 2.35. The van der Waals surface area contributed by atoms with Gasteiger partial charge >= 0.3 is 0 Å². The smallest absolute Gasteiger partial charge is 0.201 e. The molecular formula is C17H17Cl3O. The second-order valence-electron chi connectivity index (χ2n) is 4.89. The van der Waals surface area contributed by atoms with Crippen molar-refractivity contribution in [2.45, 2.75) is 23.6 Å². The molecule has 2 aromatic carbocycles.